The van der Waals surface area contributed by atoms with Gasteiger partial charge in [-0.05, 0) is 51.9 Å². The summed E-state index contributed by atoms with van der Waals surface area (Å²) in [5.74, 6) is 0.0879. The molecule has 0 radical (unpaired) electrons. The number of unbranched alkanes of at least 4 members (excludes halogenated alkanes) is 4. The number of ether oxygens (including phenoxy) is 1. The monoisotopic (exact) mass is 334 g/mol. The first-order valence-corrected chi connectivity index (χ1v) is 9.87. The number of hydrogen-bond acceptors (Lipinski definition) is 2. The van der Waals surface area contributed by atoms with Crippen molar-refractivity contribution in [3.8, 4) is 0 Å². The predicted molar refractivity (Wildman–Crippen MR) is 105 cm³/mol. The zero-order chi connectivity index (χ0) is 17.9. The molecule has 0 N–H and O–H groups in total. The number of carbonyl (C=O) groups is 1. The van der Waals surface area contributed by atoms with Gasteiger partial charge in [-0.15, -0.1) is 0 Å². The molecule has 0 bridgehead atoms. The summed E-state index contributed by atoms with van der Waals surface area (Å²) in [4.78, 5) is 11.7. The summed E-state index contributed by atoms with van der Waals surface area (Å²) < 4.78 is 5.11. The van der Waals surface area contributed by atoms with Crippen LogP contribution in [0.4, 0.5) is 0 Å². The Kier molecular flexibility index (Phi) is 17.1. The van der Waals surface area contributed by atoms with Crippen LogP contribution in [0.5, 0.6) is 0 Å². The van der Waals surface area contributed by atoms with Gasteiger partial charge in [0.1, 0.15) is 0 Å². The Hall–Kier alpha value is -1.31. The van der Waals surface area contributed by atoms with Gasteiger partial charge < -0.3 is 4.74 Å². The first-order valence-electron chi connectivity index (χ1n) is 9.87. The van der Waals surface area contributed by atoms with Crippen molar-refractivity contribution >= 4 is 5.97 Å². The zero-order valence-electron chi connectivity index (χ0n) is 16.1. The third-order valence-corrected chi connectivity index (χ3v) is 4.07. The van der Waals surface area contributed by atoms with Crippen molar-refractivity contribution in [2.75, 3.05) is 6.61 Å². The summed E-state index contributed by atoms with van der Waals surface area (Å²) in [7, 11) is 0. The fraction of sp³-hybridized carbons (Fsp3) is 0.682. The Morgan fingerprint density at radius 3 is 2.08 bits per heavy atom. The van der Waals surface area contributed by atoms with Crippen molar-refractivity contribution in [3.05, 3.63) is 36.5 Å². The van der Waals surface area contributed by atoms with Crippen molar-refractivity contribution in [2.24, 2.45) is 5.92 Å². The third kappa shape index (κ3) is 14.3. The molecule has 138 valence electrons. The van der Waals surface area contributed by atoms with Gasteiger partial charge in [0.15, 0.2) is 0 Å². The molecule has 24 heavy (non-hydrogen) atoms. The van der Waals surface area contributed by atoms with Crippen LogP contribution in [-0.2, 0) is 9.53 Å². The number of hydrogen-bond donors (Lipinski definition) is 0. The SMILES string of the molecule is CC/C=C\C/C=C\C/C=C\CCCCCCC(CC)C(=O)OCC. The van der Waals surface area contributed by atoms with E-state index in [-0.39, 0.29) is 11.9 Å². The quantitative estimate of drug-likeness (QED) is 0.187. The smallest absolute Gasteiger partial charge is 0.308 e. The van der Waals surface area contributed by atoms with E-state index >= 15 is 0 Å². The molecule has 0 rings (SSSR count). The van der Waals surface area contributed by atoms with Gasteiger partial charge in [0.05, 0.1) is 12.5 Å². The maximum Gasteiger partial charge on any atom is 0.308 e. The van der Waals surface area contributed by atoms with Crippen molar-refractivity contribution in [1.29, 1.82) is 0 Å². The molecule has 1 unspecified atom stereocenters. The van der Waals surface area contributed by atoms with Crippen LogP contribution in [0.2, 0.25) is 0 Å². The molecule has 2 heteroatoms. The molecule has 0 aromatic rings. The van der Waals surface area contributed by atoms with Gasteiger partial charge in [-0.25, -0.2) is 0 Å². The average Bonchev–Trinajstić information content (AvgIpc) is 2.58. The van der Waals surface area contributed by atoms with Gasteiger partial charge in [-0.3, -0.25) is 4.79 Å². The Morgan fingerprint density at radius 2 is 1.46 bits per heavy atom. The molecule has 0 spiro atoms. The van der Waals surface area contributed by atoms with Gasteiger partial charge in [-0.2, -0.15) is 0 Å². The van der Waals surface area contributed by atoms with Crippen LogP contribution in [0.15, 0.2) is 36.5 Å². The van der Waals surface area contributed by atoms with Gasteiger partial charge in [0.2, 0.25) is 0 Å². The average molecular weight is 335 g/mol. The Balaban J connectivity index is 3.51. The first-order chi connectivity index (χ1) is 11.8. The molecule has 0 aromatic carbocycles. The summed E-state index contributed by atoms with van der Waals surface area (Å²) in [6.45, 7) is 6.59. The highest BCUT2D eigenvalue weighted by atomic mass is 16.5. The van der Waals surface area contributed by atoms with Crippen molar-refractivity contribution < 1.29 is 9.53 Å². The molecule has 0 aliphatic carbocycles. The Bertz CT molecular complexity index is 366. The molecular formula is C22H38O2. The summed E-state index contributed by atoms with van der Waals surface area (Å²) in [6, 6.07) is 0. The molecule has 0 aliphatic rings. The van der Waals surface area contributed by atoms with Gasteiger partial charge in [0, 0.05) is 0 Å². The van der Waals surface area contributed by atoms with E-state index in [0.717, 1.165) is 38.5 Å². The van der Waals surface area contributed by atoms with Crippen molar-refractivity contribution in [2.45, 2.75) is 85.0 Å². The molecule has 0 aromatic heterocycles. The van der Waals surface area contributed by atoms with E-state index in [0.29, 0.717) is 6.61 Å². The molecule has 0 saturated heterocycles. The minimum absolute atomic E-state index is 0.0128. The van der Waals surface area contributed by atoms with E-state index in [1.165, 1.54) is 25.7 Å². The van der Waals surface area contributed by atoms with Crippen LogP contribution in [0.3, 0.4) is 0 Å². The highest BCUT2D eigenvalue weighted by Gasteiger charge is 2.16. The predicted octanol–water partition coefficient (Wildman–Crippen LogP) is 6.78. The summed E-state index contributed by atoms with van der Waals surface area (Å²) >= 11 is 0. The maximum atomic E-state index is 11.7. The highest BCUT2D eigenvalue weighted by molar-refractivity contribution is 5.72. The summed E-state index contributed by atoms with van der Waals surface area (Å²) in [5.41, 5.74) is 0. The number of esters is 1. The van der Waals surface area contributed by atoms with Crippen LogP contribution in [0, 0.1) is 5.92 Å². The fourth-order valence-electron chi connectivity index (χ4n) is 2.58. The lowest BCUT2D eigenvalue weighted by Gasteiger charge is -2.12. The molecule has 0 saturated carbocycles. The molecule has 0 aliphatic heterocycles. The van der Waals surface area contributed by atoms with Crippen LogP contribution < -0.4 is 0 Å². The van der Waals surface area contributed by atoms with Crippen LogP contribution in [-0.4, -0.2) is 12.6 Å². The highest BCUT2D eigenvalue weighted by Crippen LogP contribution is 2.16. The standard InChI is InChI=1S/C22H38O2/c1-4-7-8-9-10-11-12-13-14-15-16-17-18-19-20-21(5-2)22(23)24-6-3/h7-8,10-11,13-14,21H,4-6,9,12,15-20H2,1-3H3/b8-7-,11-10-,14-13-. The second-order valence-corrected chi connectivity index (χ2v) is 6.14. The molecule has 0 amide bonds. The van der Waals surface area contributed by atoms with Crippen molar-refractivity contribution in [1.82, 2.24) is 0 Å². The molecule has 0 fully saturated rings. The zero-order valence-corrected chi connectivity index (χ0v) is 16.1. The normalized spacial score (nSPS) is 13.3. The van der Waals surface area contributed by atoms with E-state index in [9.17, 15) is 4.79 Å². The second kappa shape index (κ2) is 18.0. The largest absolute Gasteiger partial charge is 0.466 e. The fourth-order valence-corrected chi connectivity index (χ4v) is 2.58. The van der Waals surface area contributed by atoms with Crippen LogP contribution >= 0.6 is 0 Å². The number of rotatable bonds is 15. The Labute approximate surface area is 150 Å². The lowest BCUT2D eigenvalue weighted by atomic mass is 9.98. The molecule has 0 heterocycles. The maximum absolute atomic E-state index is 11.7. The summed E-state index contributed by atoms with van der Waals surface area (Å²) in [6.07, 6.45) is 24.5. The van der Waals surface area contributed by atoms with Crippen LogP contribution in [0.25, 0.3) is 0 Å². The molecule has 2 nitrogen and oxygen atoms in total. The van der Waals surface area contributed by atoms with E-state index in [1.807, 2.05) is 6.92 Å². The lowest BCUT2D eigenvalue weighted by Crippen LogP contribution is -2.16. The van der Waals surface area contributed by atoms with E-state index < -0.39 is 0 Å². The summed E-state index contributed by atoms with van der Waals surface area (Å²) in [5, 5.41) is 0. The molecular weight excluding hydrogens is 296 g/mol. The third-order valence-electron chi connectivity index (χ3n) is 4.07. The van der Waals surface area contributed by atoms with Crippen molar-refractivity contribution in [3.63, 3.8) is 0 Å². The van der Waals surface area contributed by atoms with Gasteiger partial charge >= 0.3 is 5.97 Å². The van der Waals surface area contributed by atoms with Crippen LogP contribution in [0.1, 0.15) is 85.0 Å². The topological polar surface area (TPSA) is 26.3 Å². The van der Waals surface area contributed by atoms with Gasteiger partial charge in [0.25, 0.3) is 0 Å². The first kappa shape index (κ1) is 22.7. The number of carbonyl (C=O) groups excluding carboxylic acids is 1. The minimum Gasteiger partial charge on any atom is -0.466 e. The Morgan fingerprint density at radius 1 is 0.833 bits per heavy atom. The van der Waals surface area contributed by atoms with Gasteiger partial charge in [-0.1, -0.05) is 69.6 Å². The van der Waals surface area contributed by atoms with E-state index in [1.54, 1.807) is 0 Å². The lowest BCUT2D eigenvalue weighted by molar-refractivity contribution is -0.148. The second-order valence-electron chi connectivity index (χ2n) is 6.14. The minimum atomic E-state index is -0.0128. The number of allylic oxidation sites excluding steroid dienone is 6. The van der Waals surface area contributed by atoms with E-state index in [2.05, 4.69) is 50.3 Å². The molecule has 1 atom stereocenters. The van der Waals surface area contributed by atoms with E-state index in [4.69, 9.17) is 4.74 Å².